The minimum absolute atomic E-state index is 0.00861. The van der Waals surface area contributed by atoms with Crippen LogP contribution in [0, 0.1) is 0 Å². The van der Waals surface area contributed by atoms with Crippen molar-refractivity contribution < 1.29 is 4.79 Å². The van der Waals surface area contributed by atoms with Crippen molar-refractivity contribution in [3.8, 4) is 0 Å². The lowest BCUT2D eigenvalue weighted by Crippen LogP contribution is -2.35. The van der Waals surface area contributed by atoms with Gasteiger partial charge < -0.3 is 9.88 Å². The summed E-state index contributed by atoms with van der Waals surface area (Å²) in [5, 5.41) is 3.78. The zero-order valence-electron chi connectivity index (χ0n) is 14.3. The van der Waals surface area contributed by atoms with Crippen molar-refractivity contribution in [1.82, 2.24) is 14.9 Å². The standard InChI is InChI=1S/C20H21N3OS/c1-15(25-20-21-13-14-23(20)2)19(24)22-18(16-9-5-3-6-10-16)17-11-7-4-8-12-17/h3-15,18H,1-2H3,(H,22,24). The minimum atomic E-state index is -0.240. The maximum absolute atomic E-state index is 12.8. The molecular weight excluding hydrogens is 330 g/mol. The first kappa shape index (κ1) is 17.3. The molecule has 1 aromatic heterocycles. The first-order valence-electron chi connectivity index (χ1n) is 8.19. The lowest BCUT2D eigenvalue weighted by molar-refractivity contribution is -0.120. The molecule has 0 saturated carbocycles. The van der Waals surface area contributed by atoms with Gasteiger partial charge in [0.25, 0.3) is 0 Å². The molecule has 0 fully saturated rings. The molecule has 0 aliphatic heterocycles. The Balaban J connectivity index is 1.78. The number of imidazole rings is 1. The van der Waals surface area contributed by atoms with E-state index in [2.05, 4.69) is 10.3 Å². The van der Waals surface area contributed by atoms with Gasteiger partial charge in [0.05, 0.1) is 11.3 Å². The van der Waals surface area contributed by atoms with E-state index in [1.54, 1.807) is 6.20 Å². The summed E-state index contributed by atoms with van der Waals surface area (Å²) < 4.78 is 1.92. The number of amides is 1. The first-order chi connectivity index (χ1) is 12.1. The van der Waals surface area contributed by atoms with Crippen molar-refractivity contribution in [2.24, 2.45) is 7.05 Å². The van der Waals surface area contributed by atoms with Crippen LogP contribution in [0.25, 0.3) is 0 Å². The molecule has 3 aromatic rings. The number of nitrogens with zero attached hydrogens (tertiary/aromatic N) is 2. The molecule has 5 heteroatoms. The highest BCUT2D eigenvalue weighted by Crippen LogP contribution is 2.25. The van der Waals surface area contributed by atoms with E-state index in [1.165, 1.54) is 11.8 Å². The highest BCUT2D eigenvalue weighted by Gasteiger charge is 2.22. The summed E-state index contributed by atoms with van der Waals surface area (Å²) >= 11 is 1.46. The van der Waals surface area contributed by atoms with Gasteiger partial charge in [-0.3, -0.25) is 4.79 Å². The van der Waals surface area contributed by atoms with Crippen LogP contribution in [0.3, 0.4) is 0 Å². The van der Waals surface area contributed by atoms with E-state index >= 15 is 0 Å². The summed E-state index contributed by atoms with van der Waals surface area (Å²) in [4.78, 5) is 17.0. The Kier molecular flexibility index (Phi) is 5.56. The van der Waals surface area contributed by atoms with Crippen LogP contribution in [0.1, 0.15) is 24.1 Å². The lowest BCUT2D eigenvalue weighted by Gasteiger charge is -2.22. The van der Waals surface area contributed by atoms with Gasteiger partial charge in [0.2, 0.25) is 5.91 Å². The molecule has 25 heavy (non-hydrogen) atoms. The number of aromatic nitrogens is 2. The molecule has 1 unspecified atom stereocenters. The van der Waals surface area contributed by atoms with E-state index < -0.39 is 0 Å². The molecule has 1 amide bonds. The molecule has 128 valence electrons. The summed E-state index contributed by atoms with van der Waals surface area (Å²) in [6.45, 7) is 1.90. The van der Waals surface area contributed by atoms with Crippen LogP contribution in [0.5, 0.6) is 0 Å². The van der Waals surface area contributed by atoms with Crippen LogP contribution in [-0.4, -0.2) is 20.7 Å². The molecule has 0 bridgehead atoms. The van der Waals surface area contributed by atoms with E-state index in [0.29, 0.717) is 0 Å². The van der Waals surface area contributed by atoms with Gasteiger partial charge in [-0.05, 0) is 18.1 Å². The van der Waals surface area contributed by atoms with Gasteiger partial charge in [0.1, 0.15) is 0 Å². The molecule has 0 aliphatic carbocycles. The van der Waals surface area contributed by atoms with Crippen LogP contribution < -0.4 is 5.32 Å². The second kappa shape index (κ2) is 8.03. The fraction of sp³-hybridized carbons (Fsp3) is 0.200. The molecule has 4 nitrogen and oxygen atoms in total. The number of carbonyl (C=O) groups excluding carboxylic acids is 1. The number of hydrogen-bond donors (Lipinski definition) is 1. The van der Waals surface area contributed by atoms with Crippen LogP contribution in [0.2, 0.25) is 0 Å². The average molecular weight is 351 g/mol. The Labute approximate surface area is 152 Å². The van der Waals surface area contributed by atoms with Crippen molar-refractivity contribution >= 4 is 17.7 Å². The Hall–Kier alpha value is -2.53. The third-order valence-electron chi connectivity index (χ3n) is 3.98. The largest absolute Gasteiger partial charge is 0.344 e. The van der Waals surface area contributed by atoms with E-state index in [4.69, 9.17) is 0 Å². The molecule has 1 N–H and O–H groups in total. The molecule has 0 aliphatic rings. The third-order valence-corrected chi connectivity index (χ3v) is 5.15. The predicted molar refractivity (Wildman–Crippen MR) is 101 cm³/mol. The molecule has 1 heterocycles. The van der Waals surface area contributed by atoms with Gasteiger partial charge in [-0.25, -0.2) is 4.98 Å². The number of hydrogen-bond acceptors (Lipinski definition) is 3. The molecule has 0 radical (unpaired) electrons. The maximum Gasteiger partial charge on any atom is 0.234 e. The number of thioether (sulfide) groups is 1. The van der Waals surface area contributed by atoms with E-state index in [9.17, 15) is 4.79 Å². The van der Waals surface area contributed by atoms with Gasteiger partial charge in [0, 0.05) is 19.4 Å². The highest BCUT2D eigenvalue weighted by atomic mass is 32.2. The molecule has 2 aromatic carbocycles. The highest BCUT2D eigenvalue weighted by molar-refractivity contribution is 8.00. The summed E-state index contributed by atoms with van der Waals surface area (Å²) in [6, 6.07) is 19.9. The van der Waals surface area contributed by atoms with Crippen molar-refractivity contribution in [3.63, 3.8) is 0 Å². The summed E-state index contributed by atoms with van der Waals surface area (Å²) in [5.74, 6) is -0.00861. The van der Waals surface area contributed by atoms with Gasteiger partial charge in [-0.1, -0.05) is 72.4 Å². The smallest absolute Gasteiger partial charge is 0.234 e. The Morgan fingerprint density at radius 3 is 2.08 bits per heavy atom. The van der Waals surface area contributed by atoms with Crippen molar-refractivity contribution in [2.75, 3.05) is 0 Å². The van der Waals surface area contributed by atoms with Crippen molar-refractivity contribution in [3.05, 3.63) is 84.2 Å². The second-order valence-electron chi connectivity index (χ2n) is 5.84. The Morgan fingerprint density at radius 2 is 1.60 bits per heavy atom. The summed E-state index contributed by atoms with van der Waals surface area (Å²) in [7, 11) is 1.93. The molecule has 3 rings (SSSR count). The van der Waals surface area contributed by atoms with Crippen molar-refractivity contribution in [2.45, 2.75) is 23.4 Å². The number of aryl methyl sites for hydroxylation is 1. The molecule has 0 spiro atoms. The third kappa shape index (κ3) is 4.31. The van der Waals surface area contributed by atoms with Crippen LogP contribution in [0.4, 0.5) is 0 Å². The van der Waals surface area contributed by atoms with E-state index in [-0.39, 0.29) is 17.2 Å². The summed E-state index contributed by atoms with van der Waals surface area (Å²) in [5.41, 5.74) is 2.13. The zero-order valence-corrected chi connectivity index (χ0v) is 15.1. The van der Waals surface area contributed by atoms with Crippen LogP contribution >= 0.6 is 11.8 Å². The fourth-order valence-corrected chi connectivity index (χ4v) is 3.43. The fourth-order valence-electron chi connectivity index (χ4n) is 2.59. The number of benzene rings is 2. The van der Waals surface area contributed by atoms with Gasteiger partial charge in [-0.2, -0.15) is 0 Å². The van der Waals surface area contributed by atoms with E-state index in [0.717, 1.165) is 16.3 Å². The topological polar surface area (TPSA) is 46.9 Å². The van der Waals surface area contributed by atoms with Gasteiger partial charge in [-0.15, -0.1) is 0 Å². The minimum Gasteiger partial charge on any atom is -0.344 e. The second-order valence-corrected chi connectivity index (χ2v) is 7.15. The van der Waals surface area contributed by atoms with Gasteiger partial charge >= 0.3 is 0 Å². The average Bonchev–Trinajstić information content (AvgIpc) is 3.05. The number of nitrogens with one attached hydrogen (secondary N) is 1. The van der Waals surface area contributed by atoms with Crippen molar-refractivity contribution in [1.29, 1.82) is 0 Å². The summed E-state index contributed by atoms with van der Waals surface area (Å²) in [6.07, 6.45) is 3.62. The number of carbonyl (C=O) groups is 1. The Bertz CT molecular complexity index is 778. The maximum atomic E-state index is 12.8. The normalized spacial score (nSPS) is 12.1. The zero-order chi connectivity index (χ0) is 17.6. The first-order valence-corrected chi connectivity index (χ1v) is 9.07. The number of rotatable bonds is 6. The quantitative estimate of drug-likeness (QED) is 0.687. The van der Waals surface area contributed by atoms with Crippen LogP contribution in [-0.2, 0) is 11.8 Å². The molecule has 0 saturated heterocycles. The molecular formula is C20H21N3OS. The van der Waals surface area contributed by atoms with Crippen LogP contribution in [0.15, 0.2) is 78.2 Å². The lowest BCUT2D eigenvalue weighted by atomic mass is 9.98. The van der Waals surface area contributed by atoms with E-state index in [1.807, 2.05) is 85.4 Å². The molecule has 1 atom stereocenters. The Morgan fingerprint density at radius 1 is 1.04 bits per heavy atom. The van der Waals surface area contributed by atoms with Gasteiger partial charge in [0.15, 0.2) is 5.16 Å². The SMILES string of the molecule is CC(Sc1nccn1C)C(=O)NC(c1ccccc1)c1ccccc1. The monoisotopic (exact) mass is 351 g/mol. The predicted octanol–water partition coefficient (Wildman–Crippen LogP) is 3.81.